The van der Waals surface area contributed by atoms with E-state index in [1.54, 1.807) is 43.3 Å². The first kappa shape index (κ1) is 28.6. The summed E-state index contributed by atoms with van der Waals surface area (Å²) in [6.07, 6.45) is 0. The molecule has 0 aliphatic carbocycles. The molecule has 0 atom stereocenters. The third kappa shape index (κ3) is 6.96. The average Bonchev–Trinajstić information content (AvgIpc) is 2.89. The third-order valence-electron chi connectivity index (χ3n) is 5.50. The lowest BCUT2D eigenvalue weighted by Crippen LogP contribution is -2.38. The maximum atomic E-state index is 14.0. The van der Waals surface area contributed by atoms with Crippen LogP contribution in [0.3, 0.4) is 0 Å². The number of ether oxygens (including phenoxy) is 2. The predicted octanol–water partition coefficient (Wildman–Crippen LogP) is 7.59. The van der Waals surface area contributed by atoms with Gasteiger partial charge in [0.05, 0.1) is 18.5 Å². The molecule has 7 nitrogen and oxygen atoms in total. The molecule has 4 aromatic rings. The average molecular weight is 606 g/mol. The molecule has 0 radical (unpaired) electrons. The number of rotatable bonds is 9. The molecule has 0 spiro atoms. The standard InChI is InChI=1S/C28H23Cl3N2O5S/c1-18-8-10-26(37-2)27(12-18)39(35,36)33(22-14-20(30)13-21(31)15-22)17-28(34)32-24-16-19(29)9-11-25(24)38-23-6-4-3-5-7-23/h3-16H,17H2,1-2H3,(H,32,34). The number of amides is 1. The largest absolute Gasteiger partial charge is 0.495 e. The minimum atomic E-state index is -4.33. The van der Waals surface area contributed by atoms with Crippen molar-refractivity contribution in [3.63, 3.8) is 0 Å². The number of para-hydroxylation sites is 1. The number of carbonyl (C=O) groups excluding carboxylic acids is 1. The first-order valence-electron chi connectivity index (χ1n) is 11.5. The van der Waals surface area contributed by atoms with Crippen molar-refractivity contribution in [2.24, 2.45) is 0 Å². The van der Waals surface area contributed by atoms with Crippen molar-refractivity contribution in [3.8, 4) is 17.2 Å². The summed E-state index contributed by atoms with van der Waals surface area (Å²) in [4.78, 5) is 13.2. The Bertz CT molecular complexity index is 1600. The van der Waals surface area contributed by atoms with E-state index in [9.17, 15) is 13.2 Å². The minimum Gasteiger partial charge on any atom is -0.495 e. The zero-order valence-corrected chi connectivity index (χ0v) is 23.9. The number of methoxy groups -OCH3 is 1. The molecule has 0 aliphatic heterocycles. The number of nitrogens with zero attached hydrogens (tertiary/aromatic N) is 1. The lowest BCUT2D eigenvalue weighted by Gasteiger charge is -2.25. The molecule has 0 saturated carbocycles. The summed E-state index contributed by atoms with van der Waals surface area (Å²) in [5.41, 5.74) is 1.04. The molecule has 1 amide bonds. The normalized spacial score (nSPS) is 11.1. The Morgan fingerprint density at radius 3 is 2.18 bits per heavy atom. The first-order valence-corrected chi connectivity index (χ1v) is 14.1. The van der Waals surface area contributed by atoms with Crippen LogP contribution in [0.2, 0.25) is 15.1 Å². The quantitative estimate of drug-likeness (QED) is 0.212. The van der Waals surface area contributed by atoms with Crippen LogP contribution in [0.25, 0.3) is 0 Å². The van der Waals surface area contributed by atoms with Gasteiger partial charge in [-0.3, -0.25) is 9.10 Å². The van der Waals surface area contributed by atoms with Gasteiger partial charge in [-0.05, 0) is 73.2 Å². The molecule has 0 heterocycles. The fourth-order valence-corrected chi connectivity index (χ4v) is 6.06. The van der Waals surface area contributed by atoms with Gasteiger partial charge >= 0.3 is 0 Å². The maximum absolute atomic E-state index is 14.0. The first-order chi connectivity index (χ1) is 18.6. The number of hydrogen-bond donors (Lipinski definition) is 1. The molecule has 4 rings (SSSR count). The Morgan fingerprint density at radius 2 is 1.51 bits per heavy atom. The summed E-state index contributed by atoms with van der Waals surface area (Å²) in [5, 5.41) is 3.46. The second kappa shape index (κ2) is 12.2. The minimum absolute atomic E-state index is 0.0954. The number of halogens is 3. The molecule has 0 aromatic heterocycles. The summed E-state index contributed by atoms with van der Waals surface area (Å²) in [6, 6.07) is 22.7. The Hall–Kier alpha value is -3.43. The summed E-state index contributed by atoms with van der Waals surface area (Å²) in [6.45, 7) is 1.13. The SMILES string of the molecule is COc1ccc(C)cc1S(=O)(=O)N(CC(=O)Nc1cc(Cl)ccc1Oc1ccccc1)c1cc(Cl)cc(Cl)c1. The van der Waals surface area contributed by atoms with Crippen molar-refractivity contribution in [3.05, 3.63) is 106 Å². The van der Waals surface area contributed by atoms with Crippen LogP contribution in [0.5, 0.6) is 17.2 Å². The molecule has 1 N–H and O–H groups in total. The van der Waals surface area contributed by atoms with Gasteiger partial charge in [0.2, 0.25) is 5.91 Å². The highest BCUT2D eigenvalue weighted by molar-refractivity contribution is 7.93. The van der Waals surface area contributed by atoms with Gasteiger partial charge in [-0.2, -0.15) is 0 Å². The second-order valence-electron chi connectivity index (χ2n) is 8.40. The van der Waals surface area contributed by atoms with Crippen molar-refractivity contribution in [1.29, 1.82) is 0 Å². The summed E-state index contributed by atoms with van der Waals surface area (Å²) < 4.78 is 40.1. The van der Waals surface area contributed by atoms with Crippen molar-refractivity contribution in [2.45, 2.75) is 11.8 Å². The van der Waals surface area contributed by atoms with E-state index in [2.05, 4.69) is 5.32 Å². The van der Waals surface area contributed by atoms with E-state index in [4.69, 9.17) is 44.3 Å². The van der Waals surface area contributed by atoms with E-state index in [0.717, 1.165) is 4.31 Å². The van der Waals surface area contributed by atoms with Gasteiger partial charge in [0.15, 0.2) is 5.75 Å². The highest BCUT2D eigenvalue weighted by Gasteiger charge is 2.31. The number of aryl methyl sites for hydroxylation is 1. The molecule has 0 unspecified atom stereocenters. The summed E-state index contributed by atoms with van der Waals surface area (Å²) >= 11 is 18.6. The van der Waals surface area contributed by atoms with Crippen LogP contribution >= 0.6 is 34.8 Å². The number of anilines is 2. The molecule has 0 fully saturated rings. The van der Waals surface area contributed by atoms with Gasteiger partial charge in [-0.1, -0.05) is 59.1 Å². The number of benzene rings is 4. The molecule has 39 heavy (non-hydrogen) atoms. The second-order valence-corrected chi connectivity index (χ2v) is 11.5. The fourth-order valence-electron chi connectivity index (χ4n) is 3.73. The van der Waals surface area contributed by atoms with Crippen LogP contribution in [0.15, 0.2) is 89.8 Å². The van der Waals surface area contributed by atoms with Gasteiger partial charge in [-0.15, -0.1) is 0 Å². The number of carbonyl (C=O) groups is 1. The Kier molecular flexibility index (Phi) is 8.92. The Labute approximate surface area is 241 Å². The Balaban J connectivity index is 1.72. The molecular weight excluding hydrogens is 583 g/mol. The number of hydrogen-bond acceptors (Lipinski definition) is 5. The van der Waals surface area contributed by atoms with Crippen LogP contribution < -0.4 is 19.1 Å². The van der Waals surface area contributed by atoms with Gasteiger partial charge in [0, 0.05) is 15.1 Å². The van der Waals surface area contributed by atoms with E-state index >= 15 is 0 Å². The van der Waals surface area contributed by atoms with Crippen LogP contribution in [-0.2, 0) is 14.8 Å². The highest BCUT2D eigenvalue weighted by Crippen LogP contribution is 2.35. The van der Waals surface area contributed by atoms with Crippen molar-refractivity contribution >= 4 is 62.1 Å². The molecule has 11 heteroatoms. The van der Waals surface area contributed by atoms with Gasteiger partial charge in [0.1, 0.15) is 22.9 Å². The van der Waals surface area contributed by atoms with Crippen LogP contribution in [0, 0.1) is 6.92 Å². The monoisotopic (exact) mass is 604 g/mol. The van der Waals surface area contributed by atoms with Crippen LogP contribution in [0.4, 0.5) is 11.4 Å². The third-order valence-corrected chi connectivity index (χ3v) is 7.96. The van der Waals surface area contributed by atoms with Crippen LogP contribution in [0.1, 0.15) is 5.56 Å². The summed E-state index contributed by atoms with van der Waals surface area (Å²) in [7, 11) is -2.97. The molecular formula is C28H23Cl3N2O5S. The fraction of sp³-hybridized carbons (Fsp3) is 0.107. The predicted molar refractivity (Wildman–Crippen MR) is 155 cm³/mol. The van der Waals surface area contributed by atoms with Gasteiger partial charge in [-0.25, -0.2) is 8.42 Å². The maximum Gasteiger partial charge on any atom is 0.268 e. The molecule has 4 aromatic carbocycles. The number of nitrogens with one attached hydrogen (secondary N) is 1. The lowest BCUT2D eigenvalue weighted by molar-refractivity contribution is -0.114. The smallest absolute Gasteiger partial charge is 0.268 e. The zero-order chi connectivity index (χ0) is 28.2. The van der Waals surface area contributed by atoms with Gasteiger partial charge in [0.25, 0.3) is 10.0 Å². The van der Waals surface area contributed by atoms with E-state index in [1.807, 2.05) is 18.2 Å². The van der Waals surface area contributed by atoms with Crippen molar-refractivity contribution in [1.82, 2.24) is 0 Å². The molecule has 0 saturated heterocycles. The van der Waals surface area contributed by atoms with E-state index in [0.29, 0.717) is 22.1 Å². The van der Waals surface area contributed by atoms with Crippen molar-refractivity contribution < 1.29 is 22.7 Å². The van der Waals surface area contributed by atoms with E-state index < -0.39 is 22.5 Å². The van der Waals surface area contributed by atoms with Crippen molar-refractivity contribution in [2.75, 3.05) is 23.3 Å². The summed E-state index contributed by atoms with van der Waals surface area (Å²) in [5.74, 6) is 0.313. The topological polar surface area (TPSA) is 84.9 Å². The lowest BCUT2D eigenvalue weighted by atomic mass is 10.2. The zero-order valence-electron chi connectivity index (χ0n) is 20.8. The van der Waals surface area contributed by atoms with Gasteiger partial charge < -0.3 is 14.8 Å². The highest BCUT2D eigenvalue weighted by atomic mass is 35.5. The molecule has 0 aliphatic rings. The molecule has 0 bridgehead atoms. The van der Waals surface area contributed by atoms with E-state index in [-0.39, 0.29) is 32.1 Å². The number of sulfonamides is 1. The Morgan fingerprint density at radius 1 is 0.846 bits per heavy atom. The van der Waals surface area contributed by atoms with E-state index in [1.165, 1.54) is 37.4 Å². The van der Waals surface area contributed by atoms with Crippen LogP contribution in [-0.4, -0.2) is 28.0 Å². The molecule has 202 valence electrons.